The highest BCUT2D eigenvalue weighted by molar-refractivity contribution is 8.18. The molecule has 1 saturated heterocycles. The molecule has 1 N–H and O–H groups in total. The van der Waals surface area contributed by atoms with Gasteiger partial charge in [0.1, 0.15) is 6.54 Å². The van der Waals surface area contributed by atoms with Gasteiger partial charge in [0.25, 0.3) is 11.1 Å². The summed E-state index contributed by atoms with van der Waals surface area (Å²) < 4.78 is 2.06. The lowest BCUT2D eigenvalue weighted by Gasteiger charge is -2.13. The molecule has 0 spiro atoms. The van der Waals surface area contributed by atoms with Crippen LogP contribution in [0.25, 0.3) is 17.0 Å². The Balaban J connectivity index is 1.38. The van der Waals surface area contributed by atoms with Crippen LogP contribution in [0.4, 0.5) is 10.5 Å². The largest absolute Gasteiger partial charge is 0.342 e. The maximum atomic E-state index is 13.1. The zero-order chi connectivity index (χ0) is 26.1. The summed E-state index contributed by atoms with van der Waals surface area (Å²) in [6, 6.07) is 20.6. The predicted octanol–water partition coefficient (Wildman–Crippen LogP) is 6.98. The molecule has 1 aromatic heterocycles. The zero-order valence-electron chi connectivity index (χ0n) is 19.7. The number of imide groups is 1. The van der Waals surface area contributed by atoms with Gasteiger partial charge in [0.15, 0.2) is 0 Å². The van der Waals surface area contributed by atoms with Crippen LogP contribution < -0.4 is 5.32 Å². The zero-order valence-corrected chi connectivity index (χ0v) is 22.0. The van der Waals surface area contributed by atoms with Crippen LogP contribution in [0.1, 0.15) is 16.7 Å². The van der Waals surface area contributed by atoms with Crippen molar-refractivity contribution in [2.75, 3.05) is 11.9 Å². The first kappa shape index (κ1) is 25.1. The molecule has 1 aliphatic heterocycles. The third kappa shape index (κ3) is 5.30. The number of hydrogen-bond donors (Lipinski definition) is 1. The van der Waals surface area contributed by atoms with Crippen molar-refractivity contribution in [3.63, 3.8) is 0 Å². The molecular weight excluding hydrogens is 529 g/mol. The topological polar surface area (TPSA) is 71.4 Å². The number of amides is 3. The third-order valence-electron chi connectivity index (χ3n) is 6.05. The summed E-state index contributed by atoms with van der Waals surface area (Å²) in [5.41, 5.74) is 4.10. The number of halogens is 2. The van der Waals surface area contributed by atoms with E-state index in [9.17, 15) is 14.4 Å². The van der Waals surface area contributed by atoms with Crippen molar-refractivity contribution in [2.24, 2.45) is 0 Å². The van der Waals surface area contributed by atoms with Gasteiger partial charge in [-0.3, -0.25) is 19.3 Å². The first-order chi connectivity index (χ1) is 17.8. The number of thioether (sulfide) groups is 1. The number of fused-ring (bicyclic) bond motifs is 1. The second-order valence-electron chi connectivity index (χ2n) is 8.60. The van der Waals surface area contributed by atoms with E-state index in [2.05, 4.69) is 9.88 Å². The molecule has 37 heavy (non-hydrogen) atoms. The summed E-state index contributed by atoms with van der Waals surface area (Å²) in [6.45, 7) is 2.00. The minimum absolute atomic E-state index is 0.261. The maximum Gasteiger partial charge on any atom is 0.294 e. The van der Waals surface area contributed by atoms with Gasteiger partial charge in [-0.05, 0) is 60.2 Å². The molecule has 0 unspecified atom stereocenters. The van der Waals surface area contributed by atoms with E-state index in [0.717, 1.165) is 44.3 Å². The Morgan fingerprint density at radius 3 is 2.59 bits per heavy atom. The molecule has 1 fully saturated rings. The lowest BCUT2D eigenvalue weighted by Crippen LogP contribution is -2.36. The van der Waals surface area contributed by atoms with Gasteiger partial charge in [-0.15, -0.1) is 0 Å². The standard InChI is InChI=1S/C28H21Cl2N3O3S/c1-17-10-11-20(29)13-23(17)31-26(34)16-33-27(35)25(37-28(33)36)12-19-15-32(24-9-5-3-7-21(19)24)14-18-6-2-4-8-22(18)30/h2-13,15H,14,16H2,1H3,(H,31,34)/b25-12+. The van der Waals surface area contributed by atoms with Gasteiger partial charge >= 0.3 is 0 Å². The Labute approximate surface area is 227 Å². The number of para-hydroxylation sites is 1. The number of rotatable bonds is 6. The highest BCUT2D eigenvalue weighted by atomic mass is 35.5. The quantitative estimate of drug-likeness (QED) is 0.263. The summed E-state index contributed by atoms with van der Waals surface area (Å²) in [6.07, 6.45) is 3.64. The molecule has 4 aromatic rings. The number of anilines is 1. The second-order valence-corrected chi connectivity index (χ2v) is 10.4. The van der Waals surface area contributed by atoms with Crippen molar-refractivity contribution in [1.82, 2.24) is 9.47 Å². The molecule has 0 radical (unpaired) electrons. The van der Waals surface area contributed by atoms with Gasteiger partial charge in [-0.2, -0.15) is 0 Å². The van der Waals surface area contributed by atoms with Crippen LogP contribution in [-0.2, 0) is 16.1 Å². The molecule has 0 bridgehead atoms. The van der Waals surface area contributed by atoms with Crippen LogP contribution in [0.3, 0.4) is 0 Å². The van der Waals surface area contributed by atoms with Crippen molar-refractivity contribution < 1.29 is 14.4 Å². The number of benzene rings is 3. The molecular formula is C28H21Cl2N3O3S. The van der Waals surface area contributed by atoms with Crippen LogP contribution in [0, 0.1) is 6.92 Å². The van der Waals surface area contributed by atoms with Crippen molar-refractivity contribution >= 4 is 74.7 Å². The number of nitrogens with one attached hydrogen (secondary N) is 1. The van der Waals surface area contributed by atoms with E-state index in [1.54, 1.807) is 24.3 Å². The van der Waals surface area contributed by atoms with E-state index in [-0.39, 0.29) is 11.4 Å². The first-order valence-electron chi connectivity index (χ1n) is 11.4. The number of aryl methyl sites for hydroxylation is 1. The van der Waals surface area contributed by atoms with Gasteiger partial charge in [0.05, 0.1) is 4.91 Å². The number of aromatic nitrogens is 1. The van der Waals surface area contributed by atoms with Crippen LogP contribution in [0.2, 0.25) is 10.0 Å². The number of carbonyl (C=O) groups excluding carboxylic acids is 3. The van der Waals surface area contributed by atoms with E-state index in [1.165, 1.54) is 0 Å². The van der Waals surface area contributed by atoms with E-state index in [4.69, 9.17) is 23.2 Å². The van der Waals surface area contributed by atoms with Gasteiger partial charge in [-0.1, -0.05) is 65.7 Å². The number of nitrogens with zero attached hydrogens (tertiary/aromatic N) is 2. The minimum atomic E-state index is -0.504. The molecule has 2 heterocycles. The SMILES string of the molecule is Cc1ccc(Cl)cc1NC(=O)CN1C(=O)S/C(=C/c2cn(Cc3ccccc3Cl)c3ccccc23)C1=O. The lowest BCUT2D eigenvalue weighted by molar-refractivity contribution is -0.127. The summed E-state index contributed by atoms with van der Waals surface area (Å²) in [5, 5.41) is 4.33. The highest BCUT2D eigenvalue weighted by Gasteiger charge is 2.36. The smallest absolute Gasteiger partial charge is 0.294 e. The number of carbonyl (C=O) groups is 3. The molecule has 6 nitrogen and oxygen atoms in total. The summed E-state index contributed by atoms with van der Waals surface area (Å²) >= 11 is 13.2. The molecule has 3 aromatic carbocycles. The van der Waals surface area contributed by atoms with Gasteiger partial charge < -0.3 is 9.88 Å². The molecule has 9 heteroatoms. The second kappa shape index (κ2) is 10.5. The van der Waals surface area contributed by atoms with Gasteiger partial charge in [0, 0.05) is 44.9 Å². The van der Waals surface area contributed by atoms with E-state index in [0.29, 0.717) is 22.3 Å². The lowest BCUT2D eigenvalue weighted by atomic mass is 10.1. The van der Waals surface area contributed by atoms with Crippen molar-refractivity contribution in [3.05, 3.63) is 105 Å². The van der Waals surface area contributed by atoms with Crippen LogP contribution in [0.5, 0.6) is 0 Å². The van der Waals surface area contributed by atoms with E-state index in [1.807, 2.05) is 61.7 Å². The van der Waals surface area contributed by atoms with E-state index < -0.39 is 17.1 Å². The Hall–Kier alpha value is -3.52. The van der Waals surface area contributed by atoms with Gasteiger partial charge in [0.2, 0.25) is 5.91 Å². The third-order valence-corrected chi connectivity index (χ3v) is 7.56. The number of hydrogen-bond acceptors (Lipinski definition) is 4. The van der Waals surface area contributed by atoms with E-state index >= 15 is 0 Å². The summed E-state index contributed by atoms with van der Waals surface area (Å²) in [4.78, 5) is 39.6. The van der Waals surface area contributed by atoms with Crippen LogP contribution in [0.15, 0.2) is 77.8 Å². The highest BCUT2D eigenvalue weighted by Crippen LogP contribution is 2.34. The Morgan fingerprint density at radius 1 is 1.03 bits per heavy atom. The first-order valence-corrected chi connectivity index (χ1v) is 13.0. The van der Waals surface area contributed by atoms with Crippen LogP contribution in [-0.4, -0.2) is 33.1 Å². The predicted molar refractivity (Wildman–Crippen MR) is 150 cm³/mol. The molecule has 0 atom stereocenters. The Kier molecular flexibility index (Phi) is 7.11. The van der Waals surface area contributed by atoms with Crippen molar-refractivity contribution in [3.8, 4) is 0 Å². The molecule has 3 amide bonds. The Morgan fingerprint density at radius 2 is 1.78 bits per heavy atom. The molecule has 5 rings (SSSR count). The van der Waals surface area contributed by atoms with Crippen LogP contribution >= 0.6 is 35.0 Å². The van der Waals surface area contributed by atoms with Gasteiger partial charge in [-0.25, -0.2) is 0 Å². The molecule has 186 valence electrons. The minimum Gasteiger partial charge on any atom is -0.342 e. The molecule has 0 saturated carbocycles. The fourth-order valence-corrected chi connectivity index (χ4v) is 5.37. The molecule has 0 aliphatic carbocycles. The fourth-order valence-electron chi connectivity index (χ4n) is 4.17. The summed E-state index contributed by atoms with van der Waals surface area (Å²) in [5.74, 6) is -0.985. The molecule has 1 aliphatic rings. The van der Waals surface area contributed by atoms with Crippen molar-refractivity contribution in [2.45, 2.75) is 13.5 Å². The summed E-state index contributed by atoms with van der Waals surface area (Å²) in [7, 11) is 0. The maximum absolute atomic E-state index is 13.1. The normalized spacial score (nSPS) is 14.7. The van der Waals surface area contributed by atoms with Crippen molar-refractivity contribution in [1.29, 1.82) is 0 Å². The monoisotopic (exact) mass is 549 g/mol. The Bertz CT molecular complexity index is 1590. The average molecular weight is 550 g/mol. The average Bonchev–Trinajstić information content (AvgIpc) is 3.35. The fraction of sp³-hybridized carbons (Fsp3) is 0.107.